The lowest BCUT2D eigenvalue weighted by atomic mass is 9.71. The van der Waals surface area contributed by atoms with Crippen LogP contribution in [0, 0.1) is 10.8 Å². The van der Waals surface area contributed by atoms with Crippen LogP contribution in [0.15, 0.2) is 24.3 Å². The van der Waals surface area contributed by atoms with Gasteiger partial charge in [0.15, 0.2) is 0 Å². The van der Waals surface area contributed by atoms with Crippen LogP contribution in [-0.2, 0) is 8.85 Å². The molecule has 0 bridgehead atoms. The van der Waals surface area contributed by atoms with Crippen molar-refractivity contribution in [3.05, 3.63) is 35.4 Å². The third-order valence-corrected chi connectivity index (χ3v) is 13.3. The van der Waals surface area contributed by atoms with E-state index in [1.54, 1.807) is 34.1 Å². The van der Waals surface area contributed by atoms with Crippen molar-refractivity contribution in [3.8, 4) is 23.0 Å². The van der Waals surface area contributed by atoms with Gasteiger partial charge in [-0.3, -0.25) is 9.59 Å². The zero-order valence-electron chi connectivity index (χ0n) is 36.4. The third-order valence-electron chi connectivity index (χ3n) is 11.8. The SMILES string of the molecule is COc1cc(OCCCOc2cc(OC)c(C(=O)N3C[C@@H](O)C(O[Si](C)C)[C@]3(C)C(C)(C)C)cc2N)c(N)cc1C(=O)N1C[C@@H](O)C(O[Si](C)C)[C@]1(C)C(C)(C)C. The molecule has 6 N–H and O–H groups in total. The van der Waals surface area contributed by atoms with E-state index in [9.17, 15) is 19.8 Å². The van der Waals surface area contributed by atoms with Gasteiger partial charge in [0.25, 0.3) is 11.8 Å². The third kappa shape index (κ3) is 8.90. The lowest BCUT2D eigenvalue weighted by Gasteiger charge is -2.49. The molecule has 0 spiro atoms. The van der Waals surface area contributed by atoms with E-state index in [4.69, 9.17) is 39.3 Å². The summed E-state index contributed by atoms with van der Waals surface area (Å²) in [7, 11) is 0.601. The summed E-state index contributed by atoms with van der Waals surface area (Å²) in [5.41, 5.74) is 11.4. The van der Waals surface area contributed by atoms with Crippen LogP contribution in [0.4, 0.5) is 11.4 Å². The van der Waals surface area contributed by atoms with Crippen LogP contribution in [0.1, 0.15) is 82.5 Å². The van der Waals surface area contributed by atoms with Gasteiger partial charge in [-0.2, -0.15) is 0 Å². The predicted molar refractivity (Wildman–Crippen MR) is 225 cm³/mol. The number of nitrogen functional groups attached to an aromatic ring is 2. The van der Waals surface area contributed by atoms with E-state index in [0.717, 1.165) is 0 Å². The Kier molecular flexibility index (Phi) is 14.1. The van der Waals surface area contributed by atoms with Gasteiger partial charge in [-0.05, 0) is 63.0 Å². The van der Waals surface area contributed by atoms with Crippen LogP contribution >= 0.6 is 0 Å². The molecule has 2 radical (unpaired) electrons. The van der Waals surface area contributed by atoms with Crippen molar-refractivity contribution in [2.45, 2.75) is 123 Å². The number of aliphatic hydroxyl groups is 2. The number of methoxy groups -OCH3 is 2. The first-order valence-electron chi connectivity index (χ1n) is 19.5. The number of benzene rings is 2. The summed E-state index contributed by atoms with van der Waals surface area (Å²) in [5.74, 6) is 0.613. The van der Waals surface area contributed by atoms with Gasteiger partial charge in [-0.25, -0.2) is 0 Å². The molecule has 6 atom stereocenters. The lowest BCUT2D eigenvalue weighted by molar-refractivity contribution is -0.0370. The first-order chi connectivity index (χ1) is 26.3. The highest BCUT2D eigenvalue weighted by Crippen LogP contribution is 2.48. The Bertz CT molecular complexity index is 1640. The van der Waals surface area contributed by atoms with Crippen molar-refractivity contribution < 1.29 is 47.6 Å². The Hall–Kier alpha value is -3.55. The molecule has 0 aliphatic carbocycles. The molecular weight excluding hydrogens is 765 g/mol. The number of anilines is 2. The molecule has 2 unspecified atom stereocenters. The highest BCUT2D eigenvalue weighted by atomic mass is 28.3. The van der Waals surface area contributed by atoms with Gasteiger partial charge in [0, 0.05) is 18.6 Å². The van der Waals surface area contributed by atoms with Crippen LogP contribution < -0.4 is 30.4 Å². The first-order valence-corrected chi connectivity index (χ1v) is 24.3. The molecule has 0 aromatic heterocycles. The number of likely N-dealkylation sites (tertiary alicyclic amines) is 2. The molecule has 2 aliphatic heterocycles. The van der Waals surface area contributed by atoms with E-state index in [2.05, 4.69) is 0 Å². The monoisotopic (exact) mass is 830 g/mol. The molecule has 2 saturated heterocycles. The summed E-state index contributed by atoms with van der Waals surface area (Å²) in [6.45, 7) is 24.9. The molecule has 2 aromatic carbocycles. The average molecular weight is 831 g/mol. The van der Waals surface area contributed by atoms with Crippen LogP contribution in [0.5, 0.6) is 23.0 Å². The standard InChI is InChI=1S/C41H66N4O10Si2/c1-38(2,3)40(7)34(54-56(11)12)28(46)22-44(40)36(48)24-18-26(42)32(20-30(24)50-9)52-16-15-17-53-33-21-31(51-10)25(19-27(33)43)37(49)45-23-29(47)35(55-57(13)14)41(45,8)39(4,5)6/h18-21,28-29,34-35,46-47H,15-17,22-23,42-43H2,1-14H3/t28-,29-,34?,35?,40-,41-/m1/s1. The van der Waals surface area contributed by atoms with Gasteiger partial charge in [0.2, 0.25) is 18.1 Å². The van der Waals surface area contributed by atoms with Gasteiger partial charge in [-0.15, -0.1) is 0 Å². The zero-order chi connectivity index (χ0) is 43.0. The van der Waals surface area contributed by atoms with E-state index in [0.29, 0.717) is 17.9 Å². The van der Waals surface area contributed by atoms with Gasteiger partial charge in [0.05, 0.1) is 98.5 Å². The van der Waals surface area contributed by atoms with E-state index >= 15 is 0 Å². The number of β-amino-alcohol motifs (C(OH)–C–C–N with tert-alkyl or cyclic N) is 2. The number of hydrogen-bond donors (Lipinski definition) is 4. The van der Waals surface area contributed by atoms with Crippen molar-refractivity contribution >= 4 is 41.3 Å². The highest BCUT2D eigenvalue weighted by molar-refractivity contribution is 6.48. The molecule has 2 aliphatic rings. The summed E-state index contributed by atoms with van der Waals surface area (Å²) in [4.78, 5) is 31.8. The molecule has 16 heteroatoms. The first kappa shape index (κ1) is 46.1. The molecule has 2 fully saturated rings. The highest BCUT2D eigenvalue weighted by Gasteiger charge is 2.60. The number of carbonyl (C=O) groups excluding carboxylic acids is 2. The maximum atomic E-state index is 14.2. The van der Waals surface area contributed by atoms with E-state index in [1.165, 1.54) is 14.2 Å². The van der Waals surface area contributed by atoms with E-state index < -0.39 is 64.4 Å². The molecule has 2 amide bonds. The minimum atomic E-state index is -1.18. The molecule has 0 saturated carbocycles. The Labute approximate surface area is 342 Å². The molecule has 318 valence electrons. The lowest BCUT2D eigenvalue weighted by Crippen LogP contribution is -2.60. The quantitative estimate of drug-likeness (QED) is 0.110. The maximum Gasteiger partial charge on any atom is 0.258 e. The summed E-state index contributed by atoms with van der Waals surface area (Å²) >= 11 is 0. The second kappa shape index (κ2) is 17.4. The van der Waals surface area contributed by atoms with Crippen molar-refractivity contribution in [1.82, 2.24) is 9.80 Å². The van der Waals surface area contributed by atoms with Crippen molar-refractivity contribution in [3.63, 3.8) is 0 Å². The van der Waals surface area contributed by atoms with Crippen LogP contribution in [-0.4, -0.2) is 126 Å². The summed E-state index contributed by atoms with van der Waals surface area (Å²) in [5, 5.41) is 22.2. The van der Waals surface area contributed by atoms with Gasteiger partial charge in [0.1, 0.15) is 23.0 Å². The number of carbonyl (C=O) groups is 2. The fourth-order valence-electron chi connectivity index (χ4n) is 7.94. The Morgan fingerprint density at radius 2 is 1.02 bits per heavy atom. The molecule has 4 rings (SSSR count). The fraction of sp³-hybridized carbons (Fsp3) is 0.659. The second-order valence-electron chi connectivity index (χ2n) is 17.9. The summed E-state index contributed by atoms with van der Waals surface area (Å²) in [6, 6.07) is 6.29. The minimum absolute atomic E-state index is 0.109. The smallest absolute Gasteiger partial charge is 0.258 e. The molecule has 2 aromatic rings. The van der Waals surface area contributed by atoms with Crippen molar-refractivity contribution in [1.29, 1.82) is 0 Å². The second-order valence-corrected chi connectivity index (χ2v) is 22.0. The number of hydrogen-bond acceptors (Lipinski definition) is 12. The number of rotatable bonds is 14. The molecular formula is C41H66N4O10Si2. The number of aliphatic hydroxyl groups excluding tert-OH is 2. The van der Waals surface area contributed by atoms with Gasteiger partial charge in [-0.1, -0.05) is 41.5 Å². The van der Waals surface area contributed by atoms with Gasteiger partial charge >= 0.3 is 0 Å². The minimum Gasteiger partial charge on any atom is -0.496 e. The van der Waals surface area contributed by atoms with E-state index in [1.807, 2.05) is 81.6 Å². The van der Waals surface area contributed by atoms with Crippen LogP contribution in [0.25, 0.3) is 0 Å². The largest absolute Gasteiger partial charge is 0.496 e. The molecule has 2 heterocycles. The summed E-state index contributed by atoms with van der Waals surface area (Å²) < 4.78 is 35.9. The number of nitrogens with zero attached hydrogens (tertiary/aromatic N) is 2. The number of nitrogens with two attached hydrogens (primary N) is 2. The maximum absolute atomic E-state index is 14.2. The predicted octanol–water partition coefficient (Wildman–Crippen LogP) is 5.23. The van der Waals surface area contributed by atoms with Crippen molar-refractivity contribution in [2.75, 3.05) is 52.0 Å². The summed E-state index contributed by atoms with van der Waals surface area (Å²) in [6.07, 6.45) is -2.36. The Balaban J connectivity index is 1.45. The average Bonchev–Trinajstić information content (AvgIpc) is 3.53. The van der Waals surface area contributed by atoms with Crippen LogP contribution in [0.3, 0.4) is 0 Å². The number of ether oxygens (including phenoxy) is 4. The Morgan fingerprint density at radius 3 is 1.30 bits per heavy atom. The van der Waals surface area contributed by atoms with E-state index in [-0.39, 0.29) is 72.1 Å². The zero-order valence-corrected chi connectivity index (χ0v) is 38.4. The topological polar surface area (TPSA) is 188 Å². The molecule has 57 heavy (non-hydrogen) atoms. The normalized spacial score (nSPS) is 25.4. The number of amides is 2. The molecule has 14 nitrogen and oxygen atoms in total. The van der Waals surface area contributed by atoms with Gasteiger partial charge < -0.3 is 59.3 Å². The van der Waals surface area contributed by atoms with Crippen molar-refractivity contribution in [2.24, 2.45) is 10.8 Å². The Morgan fingerprint density at radius 1 is 0.684 bits per heavy atom. The van der Waals surface area contributed by atoms with Crippen LogP contribution in [0.2, 0.25) is 26.2 Å². The fourth-order valence-corrected chi connectivity index (χ4v) is 9.73.